The van der Waals surface area contributed by atoms with Gasteiger partial charge < -0.3 is 34.3 Å². The van der Waals surface area contributed by atoms with Gasteiger partial charge in [-0.3, -0.25) is 9.59 Å². The Hall–Kier alpha value is -3.42. The van der Waals surface area contributed by atoms with E-state index in [0.29, 0.717) is 6.42 Å². The van der Waals surface area contributed by atoms with Crippen LogP contribution in [0.4, 0.5) is 0 Å². The number of likely N-dealkylation sites (tertiary alicyclic amines) is 1. The number of carboxylic acids is 1. The fourth-order valence-electron chi connectivity index (χ4n) is 5.48. The standard InChI is InChI=1S/C33H48N4O7SSi/c1-19(2)29(26-15-27(36-43-26)42-17-28(38)39)32(41)37-16-24(44-46(8,9)33(5,6)7)14-25(37)31(40)35-20(3)22-10-12-23(13-11-22)30-21(4)34-18-45-30/h10-13,15,18-20,24-25,29,34,45H,14,16-17H2,1-9H3,(H,35,40)(H,38,39)/t20-,24+,25-,29?/m0/s1. The summed E-state index contributed by atoms with van der Waals surface area (Å²) in [5, 5.41) is 19.1. The van der Waals surface area contributed by atoms with Gasteiger partial charge in [0.2, 0.25) is 11.8 Å². The second-order valence-corrected chi connectivity index (χ2v) is 19.7. The van der Waals surface area contributed by atoms with E-state index < -0.39 is 32.9 Å². The number of rotatable bonds is 12. The Morgan fingerprint density at radius 2 is 1.87 bits per heavy atom. The van der Waals surface area contributed by atoms with Crippen molar-refractivity contribution in [2.24, 2.45) is 5.92 Å². The first kappa shape index (κ1) is 35.4. The molecule has 0 saturated carbocycles. The van der Waals surface area contributed by atoms with Gasteiger partial charge in [0.1, 0.15) is 12.0 Å². The predicted octanol–water partition coefficient (Wildman–Crippen LogP) is 5.26. The number of aromatic nitrogens is 1. The van der Waals surface area contributed by atoms with E-state index in [1.54, 1.807) is 4.90 Å². The number of hydrogen-bond donors (Lipinski definition) is 4. The van der Waals surface area contributed by atoms with Crippen molar-refractivity contribution in [3.63, 3.8) is 0 Å². The second kappa shape index (κ2) is 14.1. The molecule has 4 rings (SSSR count). The van der Waals surface area contributed by atoms with Gasteiger partial charge in [-0.25, -0.2) is 4.79 Å². The molecule has 0 radical (unpaired) electrons. The van der Waals surface area contributed by atoms with Gasteiger partial charge in [0.15, 0.2) is 20.7 Å². The van der Waals surface area contributed by atoms with Gasteiger partial charge in [-0.05, 0) is 54.2 Å². The smallest absolute Gasteiger partial charge is 0.341 e. The third-order valence-electron chi connectivity index (χ3n) is 9.08. The van der Waals surface area contributed by atoms with E-state index in [-0.39, 0.29) is 53.1 Å². The van der Waals surface area contributed by atoms with Crippen LogP contribution in [0.1, 0.15) is 83.7 Å². The Kier molecular flexibility index (Phi) is 10.9. The molecule has 11 nitrogen and oxygen atoms in total. The molecular formula is C33H48N4O7SSi. The molecule has 1 aromatic heterocycles. The topological polar surface area (TPSA) is 143 Å². The van der Waals surface area contributed by atoms with E-state index in [9.17, 15) is 14.4 Å². The van der Waals surface area contributed by atoms with Crippen LogP contribution >= 0.6 is 11.4 Å². The van der Waals surface area contributed by atoms with Crippen molar-refractivity contribution in [2.75, 3.05) is 13.2 Å². The molecule has 46 heavy (non-hydrogen) atoms. The number of nitrogens with one attached hydrogen (secondary N) is 2. The summed E-state index contributed by atoms with van der Waals surface area (Å²) >= 11 is 1.13. The number of thiol groups is 1. The van der Waals surface area contributed by atoms with Gasteiger partial charge in [-0.1, -0.05) is 58.9 Å². The summed E-state index contributed by atoms with van der Waals surface area (Å²) in [7, 11) is -2.21. The van der Waals surface area contributed by atoms with Crippen molar-refractivity contribution in [1.29, 1.82) is 0 Å². The number of ether oxygens (including phenoxy) is 1. The summed E-state index contributed by atoms with van der Waals surface area (Å²) in [6, 6.07) is 8.60. The number of carbonyl (C=O) groups is 3. The molecule has 252 valence electrons. The first-order chi connectivity index (χ1) is 21.5. The van der Waals surface area contributed by atoms with Gasteiger partial charge in [-0.2, -0.15) is 11.4 Å². The van der Waals surface area contributed by atoms with Crippen molar-refractivity contribution in [1.82, 2.24) is 20.7 Å². The summed E-state index contributed by atoms with van der Waals surface area (Å²) < 4.78 is 17.4. The number of carbonyl (C=O) groups excluding carboxylic acids is 2. The van der Waals surface area contributed by atoms with Crippen LogP contribution < -0.4 is 15.4 Å². The maximum absolute atomic E-state index is 14.3. The van der Waals surface area contributed by atoms with Gasteiger partial charge in [-0.15, -0.1) is 0 Å². The predicted molar refractivity (Wildman–Crippen MR) is 183 cm³/mol. The maximum Gasteiger partial charge on any atom is 0.341 e. The van der Waals surface area contributed by atoms with E-state index >= 15 is 0 Å². The minimum atomic E-state index is -2.21. The number of amides is 2. The van der Waals surface area contributed by atoms with E-state index in [1.807, 2.05) is 38.4 Å². The van der Waals surface area contributed by atoms with Crippen LogP contribution in [0.15, 0.2) is 40.6 Å². The second-order valence-electron chi connectivity index (χ2n) is 13.9. The summed E-state index contributed by atoms with van der Waals surface area (Å²) in [5.41, 5.74) is 5.23. The van der Waals surface area contributed by atoms with E-state index in [1.165, 1.54) is 11.0 Å². The molecular weight excluding hydrogens is 625 g/mol. The zero-order chi connectivity index (χ0) is 34.0. The van der Waals surface area contributed by atoms with Crippen LogP contribution in [0.3, 0.4) is 0 Å². The van der Waals surface area contributed by atoms with Crippen LogP contribution in [0.5, 0.6) is 5.88 Å². The van der Waals surface area contributed by atoms with Gasteiger partial charge in [0.25, 0.3) is 5.88 Å². The molecule has 3 N–H and O–H groups in total. The molecule has 0 aliphatic carbocycles. The molecule has 3 heterocycles. The van der Waals surface area contributed by atoms with E-state index in [2.05, 4.69) is 68.7 Å². The van der Waals surface area contributed by atoms with Gasteiger partial charge in [0.05, 0.1) is 12.1 Å². The SMILES string of the molecule is CC1=C(c2ccc([C@H](C)NC(=O)[C@@H]3C[C@@H](O[Si](C)(C)C(C)(C)C)CN3C(=O)C(c3cc(OCC(=O)O)no3)C(C)C)cc2)[SH]=CN1. The zero-order valence-corrected chi connectivity index (χ0v) is 30.1. The normalized spacial score (nSPS) is 19.9. The Bertz CT molecular complexity index is 1500. The van der Waals surface area contributed by atoms with E-state index in [4.69, 9.17) is 18.8 Å². The van der Waals surface area contributed by atoms with Crippen molar-refractivity contribution in [3.8, 4) is 5.88 Å². The summed E-state index contributed by atoms with van der Waals surface area (Å²) in [6.45, 7) is 18.3. The average Bonchev–Trinajstić information content (AvgIpc) is 3.71. The molecule has 1 aromatic carbocycles. The van der Waals surface area contributed by atoms with Crippen LogP contribution in [0.25, 0.3) is 4.91 Å². The number of nitrogens with zero attached hydrogens (tertiary/aromatic N) is 2. The average molecular weight is 673 g/mol. The van der Waals surface area contributed by atoms with Crippen molar-refractivity contribution < 1.29 is 33.2 Å². The number of aliphatic carboxylic acids is 1. The Labute approximate surface area is 276 Å². The number of benzene rings is 1. The lowest BCUT2D eigenvalue weighted by atomic mass is 9.91. The zero-order valence-electron chi connectivity index (χ0n) is 28.2. The maximum atomic E-state index is 14.3. The molecule has 2 aliphatic heterocycles. The third-order valence-corrected chi connectivity index (χ3v) is 14.7. The molecule has 0 spiro atoms. The molecule has 1 saturated heterocycles. The highest BCUT2D eigenvalue weighted by Crippen LogP contribution is 2.40. The number of carboxylic acid groups (broad SMARTS) is 1. The highest BCUT2D eigenvalue weighted by molar-refractivity contribution is 8.06. The van der Waals surface area contributed by atoms with Crippen molar-refractivity contribution in [3.05, 3.63) is 52.9 Å². The number of hydrogen-bond acceptors (Lipinski definition) is 8. The highest BCUT2D eigenvalue weighted by Gasteiger charge is 2.47. The van der Waals surface area contributed by atoms with Crippen LogP contribution in [-0.4, -0.2) is 72.1 Å². The van der Waals surface area contributed by atoms with E-state index in [0.717, 1.165) is 28.2 Å². The Morgan fingerprint density at radius 3 is 2.43 bits per heavy atom. The Morgan fingerprint density at radius 1 is 1.20 bits per heavy atom. The van der Waals surface area contributed by atoms with Crippen molar-refractivity contribution in [2.45, 2.75) is 97.1 Å². The minimum absolute atomic E-state index is 0.0150. The monoisotopic (exact) mass is 672 g/mol. The van der Waals surface area contributed by atoms with Gasteiger partial charge in [0, 0.05) is 35.1 Å². The largest absolute Gasteiger partial charge is 0.479 e. The third kappa shape index (κ3) is 8.10. The fourth-order valence-corrected chi connectivity index (χ4v) is 7.78. The van der Waals surface area contributed by atoms with Gasteiger partial charge >= 0.3 is 5.97 Å². The first-order valence-corrected chi connectivity index (χ1v) is 19.6. The molecule has 2 amide bonds. The lowest BCUT2D eigenvalue weighted by molar-refractivity contribution is -0.141. The summed E-state index contributed by atoms with van der Waals surface area (Å²) in [6.07, 6.45) is 0.0691. The Balaban J connectivity index is 1.57. The van der Waals surface area contributed by atoms with Crippen LogP contribution in [0, 0.1) is 5.92 Å². The molecule has 1 fully saturated rings. The van der Waals surface area contributed by atoms with Crippen molar-refractivity contribution >= 4 is 47.8 Å². The fraction of sp³-hybridized carbons (Fsp3) is 0.545. The van der Waals surface area contributed by atoms with Crippen LogP contribution in [-0.2, 0) is 18.8 Å². The summed E-state index contributed by atoms with van der Waals surface area (Å²) in [5.74, 6) is -2.41. The minimum Gasteiger partial charge on any atom is -0.479 e. The lowest BCUT2D eigenvalue weighted by Crippen LogP contribution is -2.48. The molecule has 0 bridgehead atoms. The molecule has 1 unspecified atom stereocenters. The molecule has 2 aromatic rings. The van der Waals surface area contributed by atoms with Crippen LogP contribution in [0.2, 0.25) is 18.1 Å². The lowest BCUT2D eigenvalue weighted by Gasteiger charge is -2.38. The molecule has 4 atom stereocenters. The molecule has 13 heteroatoms. The highest BCUT2D eigenvalue weighted by atomic mass is 32.1. The molecule has 2 aliphatic rings. The quantitative estimate of drug-likeness (QED) is 0.135. The number of allylic oxidation sites excluding steroid dienone is 1. The first-order valence-electron chi connectivity index (χ1n) is 15.7. The summed E-state index contributed by atoms with van der Waals surface area (Å²) in [4.78, 5) is 42.1.